The van der Waals surface area contributed by atoms with Gasteiger partial charge in [0.05, 0.1) is 0 Å². The number of unbranched alkanes of at least 4 members (excludes halogenated alkanes) is 2. The molecule has 0 aromatic heterocycles. The Bertz CT molecular complexity index is 1230. The Hall–Kier alpha value is -3.14. The number of benzene rings is 4. The van der Waals surface area contributed by atoms with Crippen LogP contribution in [-0.2, 0) is 6.42 Å². The quantitative estimate of drug-likeness (QED) is 0.166. The van der Waals surface area contributed by atoms with Crippen LogP contribution in [0.3, 0.4) is 0 Å². The molecule has 4 aromatic carbocycles. The Kier molecular flexibility index (Phi) is 6.08. The Balaban J connectivity index is 1.62. The third kappa shape index (κ3) is 4.34. The molecule has 0 amide bonds. The smallest absolute Gasteiger partial charge is 0.195 e. The van der Waals surface area contributed by atoms with Crippen LogP contribution in [0.4, 0.5) is 17.6 Å². The molecule has 0 bridgehead atoms. The summed E-state index contributed by atoms with van der Waals surface area (Å²) in [7, 11) is 0. The third-order valence-corrected chi connectivity index (χ3v) is 5.61. The average molecular weight is 422 g/mol. The molecule has 31 heavy (non-hydrogen) atoms. The zero-order valence-electron chi connectivity index (χ0n) is 17.2. The lowest BCUT2D eigenvalue weighted by Crippen LogP contribution is -1.93. The Labute approximate surface area is 179 Å². The maximum atomic E-state index is 14.9. The van der Waals surface area contributed by atoms with Crippen LogP contribution in [0, 0.1) is 23.3 Å². The van der Waals surface area contributed by atoms with Crippen LogP contribution in [-0.4, -0.2) is 0 Å². The zero-order chi connectivity index (χ0) is 22.0. The lowest BCUT2D eigenvalue weighted by molar-refractivity contribution is 0.453. The fraction of sp³-hybridized carbons (Fsp3) is 0.185. The number of hydrogen-bond acceptors (Lipinski definition) is 0. The minimum atomic E-state index is -1.51. The van der Waals surface area contributed by atoms with E-state index in [1.165, 1.54) is 42.7 Å². The van der Waals surface area contributed by atoms with Gasteiger partial charge in [0.2, 0.25) is 0 Å². The van der Waals surface area contributed by atoms with Crippen LogP contribution in [0.25, 0.3) is 33.0 Å². The fourth-order valence-electron chi connectivity index (χ4n) is 3.84. The van der Waals surface area contributed by atoms with Crippen molar-refractivity contribution in [1.82, 2.24) is 0 Å². The second-order valence-electron chi connectivity index (χ2n) is 7.77. The summed E-state index contributed by atoms with van der Waals surface area (Å²) in [5, 5.41) is 0.134. The SMILES string of the molecule is CCCCCc1ccc(-c2ccc(-c3ccc4c(F)c(F)c(F)cc4c3)c(F)c2)cc1. The standard InChI is InChI=1S/C27H22F4/c1-2-3-4-5-17-6-8-18(9-7-17)19-10-12-22(24(28)15-19)20-11-13-23-21(14-20)16-25(29)27(31)26(23)30/h6-16H,2-5H2,1H3. The van der Waals surface area contributed by atoms with E-state index in [4.69, 9.17) is 0 Å². The van der Waals surface area contributed by atoms with Crippen LogP contribution in [0.15, 0.2) is 66.7 Å². The molecule has 0 aliphatic rings. The minimum Gasteiger partial charge on any atom is -0.206 e. The molecule has 0 saturated carbocycles. The van der Waals surface area contributed by atoms with Crippen molar-refractivity contribution in [3.05, 3.63) is 95.6 Å². The van der Waals surface area contributed by atoms with Gasteiger partial charge in [0.25, 0.3) is 0 Å². The molecule has 0 radical (unpaired) electrons. The molecule has 158 valence electrons. The summed E-state index contributed by atoms with van der Waals surface area (Å²) in [6, 6.07) is 18.3. The van der Waals surface area contributed by atoms with Gasteiger partial charge in [-0.2, -0.15) is 0 Å². The minimum absolute atomic E-state index is 0.0429. The van der Waals surface area contributed by atoms with Gasteiger partial charge in [-0.05, 0) is 58.7 Å². The van der Waals surface area contributed by atoms with Crippen molar-refractivity contribution in [2.24, 2.45) is 0 Å². The zero-order valence-corrected chi connectivity index (χ0v) is 17.2. The highest BCUT2D eigenvalue weighted by Gasteiger charge is 2.15. The van der Waals surface area contributed by atoms with E-state index in [0.717, 1.165) is 30.0 Å². The number of fused-ring (bicyclic) bond motifs is 1. The van der Waals surface area contributed by atoms with Gasteiger partial charge in [-0.1, -0.05) is 68.3 Å². The monoisotopic (exact) mass is 422 g/mol. The third-order valence-electron chi connectivity index (χ3n) is 5.61. The number of hydrogen-bond donors (Lipinski definition) is 0. The summed E-state index contributed by atoms with van der Waals surface area (Å²) >= 11 is 0. The van der Waals surface area contributed by atoms with Crippen molar-refractivity contribution in [3.8, 4) is 22.3 Å². The van der Waals surface area contributed by atoms with E-state index >= 15 is 0 Å². The molecule has 4 rings (SSSR count). The van der Waals surface area contributed by atoms with Gasteiger partial charge >= 0.3 is 0 Å². The molecular formula is C27H22F4. The first-order valence-electron chi connectivity index (χ1n) is 10.4. The van der Waals surface area contributed by atoms with Gasteiger partial charge in [-0.3, -0.25) is 0 Å². The molecule has 0 atom stereocenters. The fourth-order valence-corrected chi connectivity index (χ4v) is 3.84. The Morgan fingerprint density at radius 3 is 2.03 bits per heavy atom. The molecule has 0 fully saturated rings. The summed E-state index contributed by atoms with van der Waals surface area (Å²) in [6.45, 7) is 2.18. The predicted octanol–water partition coefficient (Wildman–Crippen LogP) is 8.46. The highest BCUT2D eigenvalue weighted by molar-refractivity contribution is 5.88. The van der Waals surface area contributed by atoms with Crippen molar-refractivity contribution in [1.29, 1.82) is 0 Å². The van der Waals surface area contributed by atoms with E-state index in [2.05, 4.69) is 19.1 Å². The Morgan fingerprint density at radius 2 is 1.32 bits per heavy atom. The normalized spacial score (nSPS) is 11.3. The summed E-state index contributed by atoms with van der Waals surface area (Å²) < 4.78 is 55.9. The van der Waals surface area contributed by atoms with Crippen molar-refractivity contribution in [2.45, 2.75) is 32.6 Å². The number of aryl methyl sites for hydroxylation is 1. The molecular weight excluding hydrogens is 400 g/mol. The van der Waals surface area contributed by atoms with Gasteiger partial charge in [0.1, 0.15) is 5.82 Å². The molecule has 0 unspecified atom stereocenters. The summed E-state index contributed by atoms with van der Waals surface area (Å²) in [6.07, 6.45) is 4.58. The van der Waals surface area contributed by atoms with E-state index < -0.39 is 23.3 Å². The van der Waals surface area contributed by atoms with E-state index in [1.54, 1.807) is 6.07 Å². The van der Waals surface area contributed by atoms with Crippen molar-refractivity contribution in [2.75, 3.05) is 0 Å². The number of halogens is 4. The van der Waals surface area contributed by atoms with Crippen molar-refractivity contribution in [3.63, 3.8) is 0 Å². The molecule has 0 nitrogen and oxygen atoms in total. The van der Waals surface area contributed by atoms with E-state index in [1.807, 2.05) is 18.2 Å². The van der Waals surface area contributed by atoms with Gasteiger partial charge in [0, 0.05) is 10.9 Å². The highest BCUT2D eigenvalue weighted by atomic mass is 19.2. The van der Waals surface area contributed by atoms with Gasteiger partial charge < -0.3 is 0 Å². The predicted molar refractivity (Wildman–Crippen MR) is 118 cm³/mol. The summed E-state index contributed by atoms with van der Waals surface area (Å²) in [5.41, 5.74) is 3.71. The molecule has 0 saturated heterocycles. The average Bonchev–Trinajstić information content (AvgIpc) is 2.78. The first-order valence-corrected chi connectivity index (χ1v) is 10.4. The number of rotatable bonds is 6. The first-order chi connectivity index (χ1) is 15.0. The second kappa shape index (κ2) is 8.93. The molecule has 4 heteroatoms. The maximum Gasteiger partial charge on any atom is 0.195 e. The summed E-state index contributed by atoms with van der Waals surface area (Å²) in [4.78, 5) is 0. The van der Waals surface area contributed by atoms with Gasteiger partial charge in [0.15, 0.2) is 17.5 Å². The van der Waals surface area contributed by atoms with Crippen molar-refractivity contribution >= 4 is 10.8 Å². The lowest BCUT2D eigenvalue weighted by atomic mass is 9.96. The molecule has 0 N–H and O–H groups in total. The molecule has 0 aliphatic heterocycles. The van der Waals surface area contributed by atoms with Crippen LogP contribution in [0.1, 0.15) is 31.7 Å². The van der Waals surface area contributed by atoms with Crippen LogP contribution in [0.5, 0.6) is 0 Å². The van der Waals surface area contributed by atoms with Crippen LogP contribution >= 0.6 is 0 Å². The van der Waals surface area contributed by atoms with Gasteiger partial charge in [-0.15, -0.1) is 0 Å². The highest BCUT2D eigenvalue weighted by Crippen LogP contribution is 2.32. The lowest BCUT2D eigenvalue weighted by Gasteiger charge is -2.10. The van der Waals surface area contributed by atoms with E-state index in [-0.39, 0.29) is 10.8 Å². The first kappa shape index (κ1) is 21.1. The van der Waals surface area contributed by atoms with Crippen LogP contribution in [0.2, 0.25) is 0 Å². The van der Waals surface area contributed by atoms with E-state index in [9.17, 15) is 17.6 Å². The van der Waals surface area contributed by atoms with Gasteiger partial charge in [-0.25, -0.2) is 17.6 Å². The topological polar surface area (TPSA) is 0 Å². The van der Waals surface area contributed by atoms with Crippen molar-refractivity contribution < 1.29 is 17.6 Å². The second-order valence-corrected chi connectivity index (χ2v) is 7.77. The molecule has 0 aliphatic carbocycles. The molecule has 0 spiro atoms. The molecule has 0 heterocycles. The van der Waals surface area contributed by atoms with Crippen LogP contribution < -0.4 is 0 Å². The molecule has 4 aromatic rings. The maximum absolute atomic E-state index is 14.9. The summed E-state index contributed by atoms with van der Waals surface area (Å²) in [5.74, 6) is -4.45. The van der Waals surface area contributed by atoms with E-state index in [0.29, 0.717) is 11.1 Å². The Morgan fingerprint density at radius 1 is 0.613 bits per heavy atom. The largest absolute Gasteiger partial charge is 0.206 e.